The van der Waals surface area contributed by atoms with Gasteiger partial charge in [0, 0.05) is 18.3 Å². The summed E-state index contributed by atoms with van der Waals surface area (Å²) >= 11 is 0. The molecule has 8 nitrogen and oxygen atoms in total. The Morgan fingerprint density at radius 3 is 2.41 bits per heavy atom. The van der Waals surface area contributed by atoms with Crippen molar-refractivity contribution in [1.29, 1.82) is 0 Å². The number of rotatable bonds is 6. The number of carbonyl (C=O) groups excluding carboxylic acids is 2. The number of carbonyl (C=O) groups is 2. The van der Waals surface area contributed by atoms with Gasteiger partial charge in [-0.1, -0.05) is 13.8 Å². The van der Waals surface area contributed by atoms with E-state index in [0.717, 1.165) is 0 Å². The summed E-state index contributed by atoms with van der Waals surface area (Å²) in [4.78, 5) is 24.7. The minimum Gasteiger partial charge on any atom is -0.460 e. The fourth-order valence-corrected chi connectivity index (χ4v) is 8.76. The van der Waals surface area contributed by atoms with Crippen molar-refractivity contribution in [2.75, 3.05) is 0 Å². The smallest absolute Gasteiger partial charge is 0.303 e. The molecule has 0 bridgehead atoms. The van der Waals surface area contributed by atoms with Gasteiger partial charge in [-0.05, 0) is 101 Å². The molecule has 3 fully saturated rings. The maximum atomic E-state index is 13.3. The van der Waals surface area contributed by atoms with Gasteiger partial charge in [0.2, 0.25) is 0 Å². The van der Waals surface area contributed by atoms with Crippen molar-refractivity contribution >= 4 is 11.8 Å². The minimum atomic E-state index is -1.50. The summed E-state index contributed by atoms with van der Waals surface area (Å²) < 4.78 is 5.34. The van der Waals surface area contributed by atoms with Gasteiger partial charge in [-0.3, -0.25) is 9.59 Å². The fraction of sp³-hybridized carbons (Fsp3) is 0.862. The third kappa shape index (κ3) is 4.41. The SMILES string of the molecule is CC(=O)OC(C)(C)CC[C@H](O)[C@](C)(O)[C@H]1CC[C@@]2(O)C3=CC(=O)[C@@H]4C[C@@H](O)[C@@H](O)C[C@]4(C)[C@H]3CC[C@]12C. The van der Waals surface area contributed by atoms with Crippen molar-refractivity contribution < 1.29 is 39.9 Å². The predicted octanol–water partition coefficient (Wildman–Crippen LogP) is 2.42. The van der Waals surface area contributed by atoms with Crippen LogP contribution in [0.25, 0.3) is 0 Å². The van der Waals surface area contributed by atoms with Crippen LogP contribution in [0.4, 0.5) is 0 Å². The summed E-state index contributed by atoms with van der Waals surface area (Å²) in [7, 11) is 0. The van der Waals surface area contributed by atoms with E-state index in [0.29, 0.717) is 44.1 Å². The number of hydrogen-bond acceptors (Lipinski definition) is 8. The first-order valence-electron chi connectivity index (χ1n) is 13.8. The van der Waals surface area contributed by atoms with Crippen LogP contribution in [0.2, 0.25) is 0 Å². The predicted molar refractivity (Wildman–Crippen MR) is 136 cm³/mol. The van der Waals surface area contributed by atoms with Crippen LogP contribution in [-0.4, -0.2) is 72.4 Å². The highest BCUT2D eigenvalue weighted by Crippen LogP contribution is 2.68. The second-order valence-corrected chi connectivity index (χ2v) is 13.7. The van der Waals surface area contributed by atoms with Gasteiger partial charge in [0.25, 0.3) is 0 Å². The largest absolute Gasteiger partial charge is 0.460 e. The molecule has 37 heavy (non-hydrogen) atoms. The van der Waals surface area contributed by atoms with E-state index < -0.39 is 63.8 Å². The van der Waals surface area contributed by atoms with Gasteiger partial charge in [-0.2, -0.15) is 0 Å². The topological polar surface area (TPSA) is 145 Å². The zero-order valence-corrected chi connectivity index (χ0v) is 23.2. The van der Waals surface area contributed by atoms with Gasteiger partial charge in [0.05, 0.1) is 29.5 Å². The van der Waals surface area contributed by atoms with Crippen LogP contribution >= 0.6 is 0 Å². The van der Waals surface area contributed by atoms with Crippen molar-refractivity contribution in [2.45, 2.75) is 128 Å². The van der Waals surface area contributed by atoms with E-state index in [1.165, 1.54) is 6.92 Å². The third-order valence-corrected chi connectivity index (χ3v) is 10.9. The standard InChI is InChI=1S/C29H46O8/c1-16(30)37-25(2,3)10-9-24(34)28(6,35)23-8-12-29(36)18-13-20(31)19-14-21(32)22(33)15-26(19,4)17(18)7-11-27(23,29)5/h13,17,19,21-24,32-36H,7-12,14-15H2,1-6H3/t17-,19-,21+,22-,23-,24-,26+,27+,28+,29+/m0/s1. The van der Waals surface area contributed by atoms with E-state index in [1.54, 1.807) is 26.8 Å². The van der Waals surface area contributed by atoms with Gasteiger partial charge < -0.3 is 30.3 Å². The Labute approximate surface area is 220 Å². The van der Waals surface area contributed by atoms with Crippen molar-refractivity contribution in [3.63, 3.8) is 0 Å². The molecule has 8 heteroatoms. The molecule has 4 rings (SSSR count). The monoisotopic (exact) mass is 522 g/mol. The van der Waals surface area contributed by atoms with Crippen LogP contribution in [0.15, 0.2) is 11.6 Å². The molecule has 0 amide bonds. The number of aliphatic hydroxyl groups excluding tert-OH is 3. The molecular weight excluding hydrogens is 476 g/mol. The first-order valence-corrected chi connectivity index (χ1v) is 13.8. The van der Waals surface area contributed by atoms with Gasteiger partial charge >= 0.3 is 5.97 Å². The van der Waals surface area contributed by atoms with E-state index in [2.05, 4.69) is 0 Å². The Balaban J connectivity index is 1.60. The molecule has 5 N–H and O–H groups in total. The normalized spacial score (nSPS) is 44.1. The number of aliphatic hydroxyl groups is 5. The molecule has 0 aromatic carbocycles. The molecule has 0 aromatic heterocycles. The van der Waals surface area contributed by atoms with Gasteiger partial charge in [0.1, 0.15) is 5.60 Å². The Morgan fingerprint density at radius 2 is 1.78 bits per heavy atom. The lowest BCUT2D eigenvalue weighted by Gasteiger charge is -2.60. The molecule has 10 atom stereocenters. The lowest BCUT2D eigenvalue weighted by atomic mass is 9.45. The Bertz CT molecular complexity index is 971. The van der Waals surface area contributed by atoms with Crippen molar-refractivity contribution in [1.82, 2.24) is 0 Å². The molecule has 0 heterocycles. The van der Waals surface area contributed by atoms with Crippen LogP contribution in [0.3, 0.4) is 0 Å². The number of fused-ring (bicyclic) bond motifs is 5. The maximum Gasteiger partial charge on any atom is 0.303 e. The Kier molecular flexibility index (Phi) is 7.07. The Morgan fingerprint density at radius 1 is 1.14 bits per heavy atom. The van der Waals surface area contributed by atoms with Crippen LogP contribution in [-0.2, 0) is 14.3 Å². The zero-order valence-electron chi connectivity index (χ0n) is 23.2. The lowest BCUT2D eigenvalue weighted by molar-refractivity contribution is -0.178. The molecule has 0 radical (unpaired) electrons. The van der Waals surface area contributed by atoms with Gasteiger partial charge in [-0.25, -0.2) is 0 Å². The average molecular weight is 523 g/mol. The fourth-order valence-electron chi connectivity index (χ4n) is 8.76. The highest BCUT2D eigenvalue weighted by molar-refractivity contribution is 5.95. The van der Waals surface area contributed by atoms with E-state index in [9.17, 15) is 35.1 Å². The van der Waals surface area contributed by atoms with Crippen molar-refractivity contribution in [3.8, 4) is 0 Å². The van der Waals surface area contributed by atoms with Crippen LogP contribution in [0.5, 0.6) is 0 Å². The zero-order chi connectivity index (χ0) is 27.8. The minimum absolute atomic E-state index is 0.103. The summed E-state index contributed by atoms with van der Waals surface area (Å²) in [5.41, 5.74) is -4.22. The number of ether oxygens (including phenoxy) is 1. The summed E-state index contributed by atoms with van der Waals surface area (Å²) in [6.45, 7) is 10.5. The number of hydrogen-bond donors (Lipinski definition) is 5. The molecule has 0 saturated heterocycles. The van der Waals surface area contributed by atoms with Crippen LogP contribution in [0, 0.1) is 28.6 Å². The first-order chi connectivity index (χ1) is 16.9. The summed E-state index contributed by atoms with van der Waals surface area (Å²) in [5.74, 6) is -1.43. The molecule has 0 spiro atoms. The number of ketones is 1. The van der Waals surface area contributed by atoms with E-state index >= 15 is 0 Å². The first kappa shape index (κ1) is 28.7. The molecule has 0 aliphatic heterocycles. The quantitative estimate of drug-likeness (QED) is 0.335. The number of allylic oxidation sites excluding steroid dienone is 1. The highest BCUT2D eigenvalue weighted by Gasteiger charge is 2.69. The van der Waals surface area contributed by atoms with E-state index in [-0.39, 0.29) is 24.5 Å². The van der Waals surface area contributed by atoms with Crippen molar-refractivity contribution in [3.05, 3.63) is 11.6 Å². The molecule has 210 valence electrons. The maximum absolute atomic E-state index is 13.3. The molecule has 0 aromatic rings. The lowest BCUT2D eigenvalue weighted by Crippen LogP contribution is -2.62. The summed E-state index contributed by atoms with van der Waals surface area (Å²) in [6.07, 6.45) is 1.94. The van der Waals surface area contributed by atoms with Crippen molar-refractivity contribution in [2.24, 2.45) is 28.6 Å². The summed E-state index contributed by atoms with van der Waals surface area (Å²) in [5, 5.41) is 55.9. The van der Waals surface area contributed by atoms with Crippen LogP contribution in [0.1, 0.15) is 92.9 Å². The van der Waals surface area contributed by atoms with E-state index in [4.69, 9.17) is 4.74 Å². The molecule has 4 aliphatic carbocycles. The average Bonchev–Trinajstić information content (AvgIpc) is 3.05. The van der Waals surface area contributed by atoms with Gasteiger partial charge in [0.15, 0.2) is 5.78 Å². The van der Waals surface area contributed by atoms with Gasteiger partial charge in [-0.15, -0.1) is 0 Å². The molecule has 4 aliphatic rings. The number of esters is 1. The second kappa shape index (κ2) is 9.12. The second-order valence-electron chi connectivity index (χ2n) is 13.7. The highest BCUT2D eigenvalue weighted by atomic mass is 16.6. The molecule has 3 saturated carbocycles. The van der Waals surface area contributed by atoms with Crippen LogP contribution < -0.4 is 0 Å². The molecule has 0 unspecified atom stereocenters. The third-order valence-electron chi connectivity index (χ3n) is 10.9. The molecular formula is C29H46O8. The Hall–Kier alpha value is -1.32. The van der Waals surface area contributed by atoms with E-state index in [1.807, 2.05) is 13.8 Å². The summed E-state index contributed by atoms with van der Waals surface area (Å²) in [6, 6.07) is 0.